The number of nitrogens with one attached hydrogen (secondary N) is 1. The lowest BCUT2D eigenvalue weighted by atomic mass is 10.3. The lowest BCUT2D eigenvalue weighted by Gasteiger charge is -2.05. The van der Waals surface area contributed by atoms with Crippen molar-refractivity contribution in [2.24, 2.45) is 0 Å². The van der Waals surface area contributed by atoms with Crippen LogP contribution in [0.25, 0.3) is 5.69 Å². The van der Waals surface area contributed by atoms with Gasteiger partial charge < -0.3 is 9.73 Å². The summed E-state index contributed by atoms with van der Waals surface area (Å²) in [6.45, 7) is 0.321. The van der Waals surface area contributed by atoms with Crippen molar-refractivity contribution in [1.29, 1.82) is 0 Å². The molecule has 1 amide bonds. The highest BCUT2D eigenvalue weighted by atomic mass is 32.2. The molecular weight excluding hydrogens is 321 g/mol. The molecular formula is C14H12FN5O2S. The van der Waals surface area contributed by atoms with Crippen molar-refractivity contribution in [2.75, 3.05) is 5.75 Å². The minimum atomic E-state index is -0.384. The third-order valence-corrected chi connectivity index (χ3v) is 3.79. The highest BCUT2D eigenvalue weighted by Gasteiger charge is 2.12. The third kappa shape index (κ3) is 3.95. The first-order chi connectivity index (χ1) is 11.2. The number of hydrogen-bond donors (Lipinski definition) is 1. The van der Waals surface area contributed by atoms with Crippen LogP contribution >= 0.6 is 11.8 Å². The van der Waals surface area contributed by atoms with E-state index >= 15 is 0 Å². The first-order valence-corrected chi connectivity index (χ1v) is 7.67. The molecule has 23 heavy (non-hydrogen) atoms. The molecule has 0 atom stereocenters. The Morgan fingerprint density at radius 3 is 3.04 bits per heavy atom. The molecule has 0 aliphatic carbocycles. The quantitative estimate of drug-likeness (QED) is 0.692. The number of rotatable bonds is 6. The number of furan rings is 1. The van der Waals surface area contributed by atoms with Crippen LogP contribution in [0.15, 0.2) is 52.2 Å². The molecule has 1 aromatic carbocycles. The number of carbonyl (C=O) groups is 1. The van der Waals surface area contributed by atoms with Crippen molar-refractivity contribution < 1.29 is 13.6 Å². The number of aromatic nitrogens is 4. The highest BCUT2D eigenvalue weighted by molar-refractivity contribution is 7.99. The number of thioether (sulfide) groups is 1. The Bertz CT molecular complexity index is 790. The Morgan fingerprint density at radius 2 is 2.26 bits per heavy atom. The van der Waals surface area contributed by atoms with E-state index in [4.69, 9.17) is 4.42 Å². The van der Waals surface area contributed by atoms with Gasteiger partial charge in [0.25, 0.3) is 0 Å². The molecule has 0 radical (unpaired) electrons. The van der Waals surface area contributed by atoms with Gasteiger partial charge in [0.05, 0.1) is 24.2 Å². The van der Waals surface area contributed by atoms with Gasteiger partial charge in [0.1, 0.15) is 11.6 Å². The van der Waals surface area contributed by atoms with Gasteiger partial charge in [-0.1, -0.05) is 17.8 Å². The van der Waals surface area contributed by atoms with Gasteiger partial charge >= 0.3 is 0 Å². The standard InChI is InChI=1S/C14H12FN5O2S/c15-10-3-1-4-11(7-10)20-14(17-18-19-20)23-9-13(21)16-8-12-5-2-6-22-12/h1-7H,8-9H2,(H,16,21). The van der Waals surface area contributed by atoms with Gasteiger partial charge in [-0.25, -0.2) is 4.39 Å². The number of tetrazole rings is 1. The summed E-state index contributed by atoms with van der Waals surface area (Å²) in [6.07, 6.45) is 1.55. The zero-order chi connectivity index (χ0) is 16.1. The molecule has 0 aliphatic heterocycles. The minimum Gasteiger partial charge on any atom is -0.467 e. The van der Waals surface area contributed by atoms with Crippen molar-refractivity contribution in [1.82, 2.24) is 25.5 Å². The van der Waals surface area contributed by atoms with Crippen molar-refractivity contribution in [3.8, 4) is 5.69 Å². The van der Waals surface area contributed by atoms with E-state index < -0.39 is 0 Å². The molecule has 118 valence electrons. The number of halogens is 1. The maximum Gasteiger partial charge on any atom is 0.230 e. The lowest BCUT2D eigenvalue weighted by Crippen LogP contribution is -2.24. The highest BCUT2D eigenvalue weighted by Crippen LogP contribution is 2.18. The second kappa shape index (κ2) is 7.05. The monoisotopic (exact) mass is 333 g/mol. The molecule has 0 saturated heterocycles. The normalized spacial score (nSPS) is 10.7. The number of carbonyl (C=O) groups excluding carboxylic acids is 1. The van der Waals surface area contributed by atoms with E-state index in [2.05, 4.69) is 20.8 Å². The minimum absolute atomic E-state index is 0.135. The SMILES string of the molecule is O=C(CSc1nnnn1-c1cccc(F)c1)NCc1ccco1. The largest absolute Gasteiger partial charge is 0.467 e. The maximum absolute atomic E-state index is 13.3. The Hall–Kier alpha value is -2.68. The summed E-state index contributed by atoms with van der Waals surface area (Å²) in [5.41, 5.74) is 0.494. The van der Waals surface area contributed by atoms with E-state index in [-0.39, 0.29) is 17.5 Å². The smallest absolute Gasteiger partial charge is 0.230 e. The van der Waals surface area contributed by atoms with Gasteiger partial charge in [0.2, 0.25) is 11.1 Å². The molecule has 1 N–H and O–H groups in total. The number of amides is 1. The predicted molar refractivity (Wildman–Crippen MR) is 80.4 cm³/mol. The number of benzene rings is 1. The molecule has 0 fully saturated rings. The van der Waals surface area contributed by atoms with Crippen LogP contribution in [0.5, 0.6) is 0 Å². The summed E-state index contributed by atoms with van der Waals surface area (Å²) in [5.74, 6) is 0.245. The first kappa shape index (κ1) is 15.2. The van der Waals surface area contributed by atoms with Crippen LogP contribution in [-0.2, 0) is 11.3 Å². The molecule has 0 aliphatic rings. The van der Waals surface area contributed by atoms with Crippen LogP contribution < -0.4 is 5.32 Å². The number of nitrogens with zero attached hydrogens (tertiary/aromatic N) is 4. The van der Waals surface area contributed by atoms with Gasteiger partial charge in [-0.3, -0.25) is 4.79 Å². The summed E-state index contributed by atoms with van der Waals surface area (Å²) in [6, 6.07) is 9.43. The van der Waals surface area contributed by atoms with Crippen molar-refractivity contribution in [3.63, 3.8) is 0 Å². The second-order valence-electron chi connectivity index (χ2n) is 4.50. The van der Waals surface area contributed by atoms with Crippen molar-refractivity contribution in [2.45, 2.75) is 11.7 Å². The van der Waals surface area contributed by atoms with Crippen LogP contribution in [0, 0.1) is 5.82 Å². The fraction of sp³-hybridized carbons (Fsp3) is 0.143. The van der Waals surface area contributed by atoms with E-state index in [1.807, 2.05) is 0 Å². The van der Waals surface area contributed by atoms with E-state index in [1.165, 1.54) is 16.8 Å². The molecule has 0 spiro atoms. The van der Waals surface area contributed by atoms with Crippen molar-refractivity contribution in [3.05, 3.63) is 54.2 Å². The van der Waals surface area contributed by atoms with E-state index in [9.17, 15) is 9.18 Å². The average molecular weight is 333 g/mol. The number of hydrogen-bond acceptors (Lipinski definition) is 6. The van der Waals surface area contributed by atoms with Crippen LogP contribution in [0.2, 0.25) is 0 Å². The average Bonchev–Trinajstić information content (AvgIpc) is 3.22. The molecule has 9 heteroatoms. The Balaban J connectivity index is 1.58. The summed E-state index contributed by atoms with van der Waals surface area (Å²) in [7, 11) is 0. The summed E-state index contributed by atoms with van der Waals surface area (Å²) >= 11 is 1.16. The van der Waals surface area contributed by atoms with Crippen LogP contribution in [0.3, 0.4) is 0 Å². The van der Waals surface area contributed by atoms with Crippen molar-refractivity contribution >= 4 is 17.7 Å². The molecule has 3 aromatic rings. The Labute approximate surface area is 134 Å². The van der Waals surface area contributed by atoms with Gasteiger partial charge in [0.15, 0.2) is 0 Å². The van der Waals surface area contributed by atoms with Gasteiger partial charge in [0, 0.05) is 0 Å². The van der Waals surface area contributed by atoms with E-state index in [1.54, 1.807) is 30.5 Å². The topological polar surface area (TPSA) is 85.8 Å². The first-order valence-electron chi connectivity index (χ1n) is 6.68. The maximum atomic E-state index is 13.3. The van der Waals surface area contributed by atoms with Crippen LogP contribution in [0.1, 0.15) is 5.76 Å². The second-order valence-corrected chi connectivity index (χ2v) is 5.44. The summed E-state index contributed by atoms with van der Waals surface area (Å²) in [4.78, 5) is 11.8. The molecule has 3 rings (SSSR count). The molecule has 0 bridgehead atoms. The molecule has 2 heterocycles. The summed E-state index contributed by atoms with van der Waals surface area (Å²) < 4.78 is 19.8. The van der Waals surface area contributed by atoms with Gasteiger partial charge in [-0.05, 0) is 40.8 Å². The lowest BCUT2D eigenvalue weighted by molar-refractivity contribution is -0.118. The third-order valence-electron chi connectivity index (χ3n) is 2.87. The molecule has 7 nitrogen and oxygen atoms in total. The molecule has 2 aromatic heterocycles. The van der Waals surface area contributed by atoms with Gasteiger partial charge in [-0.15, -0.1) is 5.10 Å². The zero-order valence-corrected chi connectivity index (χ0v) is 12.7. The van der Waals surface area contributed by atoms with E-state index in [0.29, 0.717) is 23.1 Å². The van der Waals surface area contributed by atoms with Gasteiger partial charge in [-0.2, -0.15) is 4.68 Å². The van der Waals surface area contributed by atoms with E-state index in [0.717, 1.165) is 11.8 Å². The fourth-order valence-electron chi connectivity index (χ4n) is 1.82. The predicted octanol–water partition coefficient (Wildman–Crippen LogP) is 1.80. The zero-order valence-electron chi connectivity index (χ0n) is 11.8. The van der Waals surface area contributed by atoms with Crippen LogP contribution in [-0.4, -0.2) is 31.9 Å². The fourth-order valence-corrected chi connectivity index (χ4v) is 2.54. The molecule has 0 saturated carbocycles. The summed E-state index contributed by atoms with van der Waals surface area (Å²) in [5, 5.41) is 14.4. The molecule has 0 unspecified atom stereocenters. The van der Waals surface area contributed by atoms with Crippen LogP contribution in [0.4, 0.5) is 4.39 Å². The Kier molecular flexibility index (Phi) is 4.67. The Morgan fingerprint density at radius 1 is 1.35 bits per heavy atom.